The molecule has 2 bridgehead atoms. The van der Waals surface area contributed by atoms with Crippen LogP contribution in [0, 0.1) is 23.5 Å². The van der Waals surface area contributed by atoms with E-state index in [0.29, 0.717) is 63.5 Å². The van der Waals surface area contributed by atoms with Crippen LogP contribution < -0.4 is 16.0 Å². The molecule has 5 fully saturated rings. The predicted octanol–water partition coefficient (Wildman–Crippen LogP) is 4.86. The van der Waals surface area contributed by atoms with Gasteiger partial charge in [0.2, 0.25) is 70.9 Å². The van der Waals surface area contributed by atoms with E-state index < -0.39 is 222 Å². The average Bonchev–Trinajstić information content (AvgIpc) is 1.02. The summed E-state index contributed by atoms with van der Waals surface area (Å²) in [5.74, 6) is -14.8. The molecule has 2 saturated heterocycles. The fourth-order valence-corrected chi connectivity index (χ4v) is 15.3. The van der Waals surface area contributed by atoms with Crippen molar-refractivity contribution in [3.05, 3.63) is 82.4 Å². The summed E-state index contributed by atoms with van der Waals surface area (Å²) in [5.41, 5.74) is -5.23. The van der Waals surface area contributed by atoms with Gasteiger partial charge in [0.15, 0.2) is 0 Å². The average molecular weight is 1500 g/mol. The molecule has 3 N–H and O–H groups in total. The van der Waals surface area contributed by atoms with Crippen LogP contribution in [0.1, 0.15) is 139 Å². The molecule has 3 saturated carbocycles. The highest BCUT2D eigenvalue weighted by molar-refractivity contribution is 6.01. The number of aryl methyl sites for hydroxylation is 1. The van der Waals surface area contributed by atoms with E-state index in [9.17, 15) is 55.1 Å². The number of nitrogens with one attached hydrogen (secondary N) is 3. The van der Waals surface area contributed by atoms with Crippen LogP contribution in [0.5, 0.6) is 0 Å². The molecule has 2 aromatic rings. The van der Waals surface area contributed by atoms with E-state index in [-0.39, 0.29) is 63.8 Å². The third kappa shape index (κ3) is 18.9. The van der Waals surface area contributed by atoms with Crippen LogP contribution in [-0.4, -0.2) is 264 Å². The first-order valence-corrected chi connectivity index (χ1v) is 36.1. The number of fused-ring (bicyclic) bond motifs is 3. The van der Waals surface area contributed by atoms with Gasteiger partial charge in [0, 0.05) is 88.9 Å². The standard InChI is InChI=1S/C73H98F8N12O13/c1-11-51-62(97)83-60(44-22-18-23-44)68(103)87(6)41-58(96)89(8)52-24-14-13-17-33-92(67(52)102)55(36-42-25-28-46(29-26-42)72(76,77)78)66(101)86(5)40-56(94)82-50(30-27-43-34-48(74)59(49(75)35-43)73(79,80)81)64(99)93-39-47(106-12-2)37-53(93)63(98)84-71(31-19-32-71)70(105)91(10)61(45-20-15-16-21-45)69(104)90(9)54(65(100)85(3)4)38-57(95)88(51)7/h13-14,25-26,28-29,34-35,44-45,47,50-55,60-61H,11-12,15-24,27,30-33,36-41H2,1-10H3,(H,82,94)(H,83,97)(H,84,98)/b14-13-/t47-,50-,51+,52+,53+,54+,55+,60+,61+/m1/s1. The number of alkyl halides is 6. The maximum absolute atomic E-state index is 15.4. The van der Waals surface area contributed by atoms with Crippen LogP contribution in [-0.2, 0) is 87.5 Å². The highest BCUT2D eigenvalue weighted by Crippen LogP contribution is 2.40. The summed E-state index contributed by atoms with van der Waals surface area (Å²) in [6.45, 7) is 1.13. The number of amides is 12. The molecule has 106 heavy (non-hydrogen) atoms. The number of hydrogen-bond donors (Lipinski definition) is 3. The van der Waals surface area contributed by atoms with Crippen LogP contribution in [0.3, 0.4) is 0 Å². The molecule has 3 heterocycles. The Morgan fingerprint density at radius 3 is 1.81 bits per heavy atom. The highest BCUT2D eigenvalue weighted by atomic mass is 19.4. The molecule has 0 aromatic heterocycles. The van der Waals surface area contributed by atoms with Crippen molar-refractivity contribution in [3.63, 3.8) is 0 Å². The molecule has 9 atom stereocenters. The lowest BCUT2D eigenvalue weighted by molar-refractivity contribution is -0.157. The Kier molecular flexibility index (Phi) is 27.2. The number of benzene rings is 2. The van der Waals surface area contributed by atoms with Gasteiger partial charge >= 0.3 is 12.4 Å². The van der Waals surface area contributed by atoms with Crippen LogP contribution in [0.15, 0.2) is 48.6 Å². The minimum Gasteiger partial charge on any atom is -0.377 e. The Bertz CT molecular complexity index is 3620. The van der Waals surface area contributed by atoms with Gasteiger partial charge in [0.05, 0.1) is 31.2 Å². The summed E-state index contributed by atoms with van der Waals surface area (Å²) >= 11 is 0. The predicted molar refractivity (Wildman–Crippen MR) is 367 cm³/mol. The van der Waals surface area contributed by atoms with Gasteiger partial charge < -0.3 is 64.8 Å². The summed E-state index contributed by atoms with van der Waals surface area (Å²) in [5, 5.41) is 8.25. The fraction of sp³-hybridized carbons (Fsp3) is 0.644. The summed E-state index contributed by atoms with van der Waals surface area (Å²) in [4.78, 5) is 189. The maximum atomic E-state index is 15.4. The van der Waals surface area contributed by atoms with Crippen molar-refractivity contribution in [2.75, 3.05) is 89.2 Å². The third-order valence-electron chi connectivity index (χ3n) is 21.8. The SMILES string of the molecule is CCO[C@@H]1C[C@H]2C(=O)NC3(CCC3)C(=O)N(C)[C@@H](C3CCCC3)C(=O)N(C)[C@H](C(=O)N(C)C)CC(=O)N(C)[C@@H](CC)C(=O)N[C@@H](C3CCC3)C(=O)N(C)CC(=O)N(C)[C@H]3C/C=C\CCN(C3=O)[C@@H](Cc3ccc(C(F)(F)F)cc3)C(=O)N(C)CC(=O)N[C@H](CCc3cc(F)c(C(F)(F)F)c(F)c3)C(=O)N2C1. The monoisotopic (exact) mass is 1500 g/mol. The molecular weight excluding hydrogens is 1400 g/mol. The summed E-state index contributed by atoms with van der Waals surface area (Å²) in [6, 6.07) is -7.12. The highest BCUT2D eigenvalue weighted by Gasteiger charge is 2.54. The Labute approximate surface area is 611 Å². The van der Waals surface area contributed by atoms with E-state index in [2.05, 4.69) is 16.0 Å². The normalized spacial score (nSPS) is 26.8. The minimum absolute atomic E-state index is 0.00195. The molecule has 3 aliphatic carbocycles. The van der Waals surface area contributed by atoms with Crippen molar-refractivity contribution in [1.29, 1.82) is 0 Å². The first-order valence-electron chi connectivity index (χ1n) is 36.1. The molecule has 12 amide bonds. The molecule has 0 unspecified atom stereocenters. The Morgan fingerprint density at radius 1 is 0.632 bits per heavy atom. The number of halogens is 8. The van der Waals surface area contributed by atoms with Crippen LogP contribution >= 0.6 is 0 Å². The van der Waals surface area contributed by atoms with E-state index in [4.69, 9.17) is 4.74 Å². The van der Waals surface area contributed by atoms with Crippen molar-refractivity contribution >= 4 is 70.9 Å². The second kappa shape index (κ2) is 34.8. The van der Waals surface area contributed by atoms with E-state index in [1.807, 2.05) is 0 Å². The van der Waals surface area contributed by atoms with Crippen molar-refractivity contribution < 1.29 is 97.4 Å². The van der Waals surface area contributed by atoms with Crippen molar-refractivity contribution in [2.24, 2.45) is 11.8 Å². The molecular formula is C73H98F8N12O13. The Balaban J connectivity index is 1.21. The van der Waals surface area contributed by atoms with Gasteiger partial charge in [-0.05, 0) is 131 Å². The first-order chi connectivity index (χ1) is 49.8. The molecule has 6 aliphatic rings. The molecule has 1 spiro atoms. The molecule has 33 heteroatoms. The fourth-order valence-electron chi connectivity index (χ4n) is 15.3. The molecule has 25 nitrogen and oxygen atoms in total. The second-order valence-electron chi connectivity index (χ2n) is 29.1. The Morgan fingerprint density at radius 2 is 1.25 bits per heavy atom. The second-order valence-corrected chi connectivity index (χ2v) is 29.1. The van der Waals surface area contributed by atoms with Crippen molar-refractivity contribution in [3.8, 4) is 0 Å². The first kappa shape index (κ1) is 82.9. The molecule has 8 rings (SSSR count). The zero-order valence-electron chi connectivity index (χ0n) is 61.6. The minimum atomic E-state index is -5.46. The molecule has 0 radical (unpaired) electrons. The van der Waals surface area contributed by atoms with Gasteiger partial charge in [0.25, 0.3) is 0 Å². The lowest BCUT2D eigenvalue weighted by Crippen LogP contribution is -2.68. The zero-order chi connectivity index (χ0) is 78.2. The van der Waals surface area contributed by atoms with Gasteiger partial charge in [0.1, 0.15) is 71.1 Å². The van der Waals surface area contributed by atoms with E-state index in [1.165, 1.54) is 59.1 Å². The van der Waals surface area contributed by atoms with Gasteiger partial charge in [-0.25, -0.2) is 8.78 Å². The number of nitrogens with zero attached hydrogens (tertiary/aromatic N) is 9. The molecule has 584 valence electrons. The largest absolute Gasteiger partial charge is 0.422 e. The smallest absolute Gasteiger partial charge is 0.377 e. The van der Waals surface area contributed by atoms with Crippen LogP contribution in [0.2, 0.25) is 0 Å². The topological polar surface area (TPSA) is 279 Å². The van der Waals surface area contributed by atoms with Gasteiger partial charge in [-0.2, -0.15) is 26.3 Å². The van der Waals surface area contributed by atoms with Gasteiger partial charge in [-0.3, -0.25) is 57.5 Å². The van der Waals surface area contributed by atoms with Gasteiger partial charge in [-0.15, -0.1) is 0 Å². The van der Waals surface area contributed by atoms with Crippen molar-refractivity contribution in [2.45, 2.75) is 202 Å². The van der Waals surface area contributed by atoms with E-state index >= 15 is 37.5 Å². The Hall–Kier alpha value is -8.78. The van der Waals surface area contributed by atoms with Crippen molar-refractivity contribution in [1.82, 2.24) is 60.0 Å². The number of likely N-dealkylation sites (N-methyl/N-ethyl adjacent to an activating group) is 7. The van der Waals surface area contributed by atoms with E-state index in [1.54, 1.807) is 26.0 Å². The zero-order valence-corrected chi connectivity index (χ0v) is 61.6. The molecule has 2 aromatic carbocycles. The number of carbonyl (C=O) groups excluding carboxylic acids is 12. The van der Waals surface area contributed by atoms with Gasteiger partial charge in [-0.1, -0.05) is 50.5 Å². The number of ether oxygens (including phenoxy) is 1. The van der Waals surface area contributed by atoms with E-state index in [0.717, 1.165) is 65.6 Å². The number of carbonyl (C=O) groups is 12. The summed E-state index contributed by atoms with van der Waals surface area (Å²) < 4.78 is 120. The van der Waals surface area contributed by atoms with Crippen LogP contribution in [0.4, 0.5) is 35.1 Å². The van der Waals surface area contributed by atoms with Crippen LogP contribution in [0.25, 0.3) is 0 Å². The summed E-state index contributed by atoms with van der Waals surface area (Å²) in [6.07, 6.45) is -6.02. The lowest BCUT2D eigenvalue weighted by atomic mass is 9.74. The summed E-state index contributed by atoms with van der Waals surface area (Å²) in [7, 11) is 10.7. The quantitative estimate of drug-likeness (QED) is 0.201. The maximum Gasteiger partial charge on any atom is 0.422 e. The molecule has 3 aliphatic heterocycles. The third-order valence-corrected chi connectivity index (χ3v) is 21.8. The lowest BCUT2D eigenvalue weighted by Gasteiger charge is -2.46. The number of hydrogen-bond acceptors (Lipinski definition) is 13. The number of rotatable bonds is 11.